The number of rotatable bonds is 4. The standard InChI is InChI=1S/C17H13ClOS2/c1-11(17(19)15-8-9-16(18)21-15)20-14-7-6-12-4-2-3-5-13(12)10-14/h2-11H,1H3. The lowest BCUT2D eigenvalue weighted by Crippen LogP contribution is -2.11. The van der Waals surface area contributed by atoms with Gasteiger partial charge in [0.05, 0.1) is 14.5 Å². The number of carbonyl (C=O) groups excluding carboxylic acids is 1. The predicted octanol–water partition coefficient (Wildman–Crippen LogP) is 5.92. The number of fused-ring (bicyclic) bond motifs is 1. The largest absolute Gasteiger partial charge is 0.292 e. The van der Waals surface area contributed by atoms with Gasteiger partial charge in [0.25, 0.3) is 0 Å². The van der Waals surface area contributed by atoms with Crippen LogP contribution in [0, 0.1) is 0 Å². The zero-order valence-corrected chi connectivity index (χ0v) is 13.8. The summed E-state index contributed by atoms with van der Waals surface area (Å²) in [5.74, 6) is 0.130. The third-order valence-electron chi connectivity index (χ3n) is 3.22. The third-order valence-corrected chi connectivity index (χ3v) is 5.56. The van der Waals surface area contributed by atoms with Gasteiger partial charge in [0.2, 0.25) is 0 Å². The Kier molecular flexibility index (Phi) is 4.34. The first-order valence-corrected chi connectivity index (χ1v) is 8.66. The second kappa shape index (κ2) is 6.22. The van der Waals surface area contributed by atoms with E-state index in [-0.39, 0.29) is 11.0 Å². The fourth-order valence-electron chi connectivity index (χ4n) is 2.15. The van der Waals surface area contributed by atoms with E-state index in [1.807, 2.05) is 19.1 Å². The summed E-state index contributed by atoms with van der Waals surface area (Å²) in [6.45, 7) is 1.94. The number of thiophene rings is 1. The van der Waals surface area contributed by atoms with E-state index in [1.165, 1.54) is 22.1 Å². The molecule has 106 valence electrons. The van der Waals surface area contributed by atoms with E-state index in [0.29, 0.717) is 4.34 Å². The molecule has 0 aliphatic heterocycles. The van der Waals surface area contributed by atoms with Crippen LogP contribution < -0.4 is 0 Å². The van der Waals surface area contributed by atoms with Crippen molar-refractivity contribution in [1.82, 2.24) is 0 Å². The van der Waals surface area contributed by atoms with Gasteiger partial charge in [-0.15, -0.1) is 23.1 Å². The Morgan fingerprint density at radius 3 is 2.57 bits per heavy atom. The lowest BCUT2D eigenvalue weighted by molar-refractivity contribution is 0.0998. The molecule has 3 aromatic rings. The Hall–Kier alpha value is -1.29. The minimum absolute atomic E-state index is 0.124. The molecule has 0 amide bonds. The molecule has 0 radical (unpaired) electrons. The first-order valence-electron chi connectivity index (χ1n) is 6.58. The lowest BCUT2D eigenvalue weighted by atomic mass is 10.1. The molecule has 0 aliphatic carbocycles. The Labute approximate surface area is 136 Å². The molecule has 0 bridgehead atoms. The minimum atomic E-state index is -0.124. The number of halogens is 1. The number of ketones is 1. The van der Waals surface area contributed by atoms with Crippen molar-refractivity contribution in [3.8, 4) is 0 Å². The second-order valence-corrected chi connectivity index (χ2v) is 7.87. The normalized spacial score (nSPS) is 12.5. The molecule has 1 heterocycles. The lowest BCUT2D eigenvalue weighted by Gasteiger charge is -2.09. The molecule has 1 nitrogen and oxygen atoms in total. The van der Waals surface area contributed by atoms with Crippen LogP contribution >= 0.6 is 34.7 Å². The third kappa shape index (κ3) is 3.31. The van der Waals surface area contributed by atoms with Crippen LogP contribution in [0.25, 0.3) is 10.8 Å². The summed E-state index contributed by atoms with van der Waals surface area (Å²) in [4.78, 5) is 14.2. The number of hydrogen-bond donors (Lipinski definition) is 0. The van der Waals surface area contributed by atoms with Gasteiger partial charge in [0.15, 0.2) is 5.78 Å². The molecular formula is C17H13ClOS2. The molecule has 2 aromatic carbocycles. The molecule has 21 heavy (non-hydrogen) atoms. The molecule has 0 spiro atoms. The number of thioether (sulfide) groups is 1. The zero-order chi connectivity index (χ0) is 14.8. The van der Waals surface area contributed by atoms with E-state index in [1.54, 1.807) is 23.9 Å². The van der Waals surface area contributed by atoms with Gasteiger partial charge >= 0.3 is 0 Å². The van der Waals surface area contributed by atoms with Crippen LogP contribution in [0.1, 0.15) is 16.6 Å². The van der Waals surface area contributed by atoms with E-state index in [4.69, 9.17) is 11.6 Å². The van der Waals surface area contributed by atoms with Crippen LogP contribution in [0.4, 0.5) is 0 Å². The molecule has 1 aromatic heterocycles. The molecule has 1 atom stereocenters. The highest BCUT2D eigenvalue weighted by Gasteiger charge is 2.18. The predicted molar refractivity (Wildman–Crippen MR) is 92.9 cm³/mol. The molecule has 1 unspecified atom stereocenters. The minimum Gasteiger partial charge on any atom is -0.292 e. The average Bonchev–Trinajstić information content (AvgIpc) is 2.93. The maximum atomic E-state index is 12.4. The van der Waals surface area contributed by atoms with Gasteiger partial charge in [-0.2, -0.15) is 0 Å². The maximum Gasteiger partial charge on any atom is 0.185 e. The molecule has 0 fully saturated rings. The molecule has 0 aliphatic rings. The van der Waals surface area contributed by atoms with Gasteiger partial charge < -0.3 is 0 Å². The van der Waals surface area contributed by atoms with Gasteiger partial charge in [-0.1, -0.05) is 41.9 Å². The molecule has 0 N–H and O–H groups in total. The molecule has 0 saturated carbocycles. The number of hydrogen-bond acceptors (Lipinski definition) is 3. The van der Waals surface area contributed by atoms with E-state index < -0.39 is 0 Å². The van der Waals surface area contributed by atoms with Gasteiger partial charge in [-0.25, -0.2) is 0 Å². The van der Waals surface area contributed by atoms with Gasteiger partial charge in [-0.3, -0.25) is 4.79 Å². The number of Topliss-reactive ketones (excluding diaryl/α,β-unsaturated/α-hetero) is 1. The van der Waals surface area contributed by atoms with Crippen molar-refractivity contribution in [2.24, 2.45) is 0 Å². The highest BCUT2D eigenvalue weighted by atomic mass is 35.5. The second-order valence-electron chi connectivity index (χ2n) is 4.74. The summed E-state index contributed by atoms with van der Waals surface area (Å²) in [6.07, 6.45) is 0. The molecular weight excluding hydrogens is 320 g/mol. The SMILES string of the molecule is CC(Sc1ccc2ccccc2c1)C(=O)c1ccc(Cl)s1. The van der Waals surface area contributed by atoms with Crippen molar-refractivity contribution in [3.05, 3.63) is 63.8 Å². The number of carbonyl (C=O) groups is 1. The average molecular weight is 333 g/mol. The van der Waals surface area contributed by atoms with Crippen LogP contribution in [-0.4, -0.2) is 11.0 Å². The molecule has 4 heteroatoms. The Morgan fingerprint density at radius 1 is 1.10 bits per heavy atom. The fraction of sp³-hybridized carbons (Fsp3) is 0.118. The Morgan fingerprint density at radius 2 is 1.86 bits per heavy atom. The van der Waals surface area contributed by atoms with Crippen LogP contribution in [0.2, 0.25) is 4.34 Å². The van der Waals surface area contributed by atoms with Crippen LogP contribution in [0.15, 0.2) is 59.5 Å². The summed E-state index contributed by atoms with van der Waals surface area (Å²) in [6, 6.07) is 18.1. The highest BCUT2D eigenvalue weighted by Crippen LogP contribution is 2.31. The first kappa shape index (κ1) is 14.6. The van der Waals surface area contributed by atoms with Crippen molar-refractivity contribution in [2.75, 3.05) is 0 Å². The summed E-state index contributed by atoms with van der Waals surface area (Å²) in [5, 5.41) is 2.29. The van der Waals surface area contributed by atoms with E-state index in [0.717, 1.165) is 9.77 Å². The fourth-order valence-corrected chi connectivity index (χ4v) is 4.28. The first-order chi connectivity index (χ1) is 10.1. The van der Waals surface area contributed by atoms with Crippen molar-refractivity contribution in [1.29, 1.82) is 0 Å². The maximum absolute atomic E-state index is 12.4. The van der Waals surface area contributed by atoms with E-state index in [2.05, 4.69) is 30.3 Å². The number of benzene rings is 2. The van der Waals surface area contributed by atoms with Crippen LogP contribution in [0.3, 0.4) is 0 Å². The van der Waals surface area contributed by atoms with Crippen LogP contribution in [-0.2, 0) is 0 Å². The Balaban J connectivity index is 1.79. The smallest absolute Gasteiger partial charge is 0.185 e. The summed E-state index contributed by atoms with van der Waals surface area (Å²) < 4.78 is 0.654. The highest BCUT2D eigenvalue weighted by molar-refractivity contribution is 8.00. The van der Waals surface area contributed by atoms with Gasteiger partial charge in [-0.05, 0) is 42.0 Å². The van der Waals surface area contributed by atoms with Crippen molar-refractivity contribution in [3.63, 3.8) is 0 Å². The van der Waals surface area contributed by atoms with Gasteiger partial charge in [0.1, 0.15) is 0 Å². The summed E-state index contributed by atoms with van der Waals surface area (Å²) >= 11 is 8.82. The zero-order valence-electron chi connectivity index (χ0n) is 11.4. The van der Waals surface area contributed by atoms with E-state index in [9.17, 15) is 4.79 Å². The monoisotopic (exact) mass is 332 g/mol. The molecule has 3 rings (SSSR count). The van der Waals surface area contributed by atoms with Crippen LogP contribution in [0.5, 0.6) is 0 Å². The van der Waals surface area contributed by atoms with Crippen molar-refractivity contribution in [2.45, 2.75) is 17.1 Å². The van der Waals surface area contributed by atoms with Gasteiger partial charge in [0, 0.05) is 4.90 Å². The molecule has 0 saturated heterocycles. The summed E-state index contributed by atoms with van der Waals surface area (Å²) in [7, 11) is 0. The van der Waals surface area contributed by atoms with E-state index >= 15 is 0 Å². The quantitative estimate of drug-likeness (QED) is 0.436. The topological polar surface area (TPSA) is 17.1 Å². The van der Waals surface area contributed by atoms with Crippen molar-refractivity contribution >= 4 is 51.3 Å². The Bertz CT molecular complexity index is 794. The van der Waals surface area contributed by atoms with Crippen molar-refractivity contribution < 1.29 is 4.79 Å². The summed E-state index contributed by atoms with van der Waals surface area (Å²) in [5.41, 5.74) is 0.